The SMILES string of the molecule is Cc1ccc(Br)c(NC(c2cccs2)C2CC2)c1. The van der Waals surface area contributed by atoms with Crippen LogP contribution in [0.1, 0.15) is 29.3 Å². The van der Waals surface area contributed by atoms with Crippen molar-refractivity contribution in [3.05, 3.63) is 50.6 Å². The van der Waals surface area contributed by atoms with Crippen LogP contribution in [0.5, 0.6) is 0 Å². The summed E-state index contributed by atoms with van der Waals surface area (Å²) in [6.07, 6.45) is 2.69. The Morgan fingerprint density at radius 2 is 2.17 bits per heavy atom. The van der Waals surface area contributed by atoms with Crippen LogP contribution < -0.4 is 5.32 Å². The van der Waals surface area contributed by atoms with Crippen molar-refractivity contribution in [3.8, 4) is 0 Å². The van der Waals surface area contributed by atoms with Crippen LogP contribution in [0.15, 0.2) is 40.2 Å². The third-order valence-corrected chi connectivity index (χ3v) is 5.02. The van der Waals surface area contributed by atoms with E-state index in [0.29, 0.717) is 6.04 Å². The number of anilines is 1. The summed E-state index contributed by atoms with van der Waals surface area (Å²) >= 11 is 5.48. The van der Waals surface area contributed by atoms with Gasteiger partial charge in [0.05, 0.1) is 6.04 Å². The first kappa shape index (κ1) is 12.2. The maximum Gasteiger partial charge on any atom is 0.0635 e. The molecule has 0 amide bonds. The molecule has 18 heavy (non-hydrogen) atoms. The second kappa shape index (κ2) is 5.06. The second-order valence-corrected chi connectivity index (χ2v) is 6.79. The summed E-state index contributed by atoms with van der Waals surface area (Å²) in [5.74, 6) is 0.802. The highest BCUT2D eigenvalue weighted by Gasteiger charge is 2.33. The first-order chi connectivity index (χ1) is 8.74. The number of nitrogens with one attached hydrogen (secondary N) is 1. The summed E-state index contributed by atoms with van der Waals surface area (Å²) < 4.78 is 1.15. The van der Waals surface area contributed by atoms with Crippen molar-refractivity contribution in [1.82, 2.24) is 0 Å². The van der Waals surface area contributed by atoms with Crippen LogP contribution in [0.2, 0.25) is 0 Å². The summed E-state index contributed by atoms with van der Waals surface area (Å²) in [5, 5.41) is 5.88. The minimum atomic E-state index is 0.475. The molecular formula is C15H16BrNS. The highest BCUT2D eigenvalue weighted by molar-refractivity contribution is 9.10. The number of benzene rings is 1. The number of rotatable bonds is 4. The molecular weight excluding hydrogens is 306 g/mol. The van der Waals surface area contributed by atoms with Crippen LogP contribution in [0.4, 0.5) is 5.69 Å². The summed E-state index contributed by atoms with van der Waals surface area (Å²) in [4.78, 5) is 1.45. The topological polar surface area (TPSA) is 12.0 Å². The van der Waals surface area contributed by atoms with Gasteiger partial charge in [0.2, 0.25) is 0 Å². The highest BCUT2D eigenvalue weighted by Crippen LogP contribution is 2.44. The summed E-state index contributed by atoms with van der Waals surface area (Å²) in [6.45, 7) is 2.13. The summed E-state index contributed by atoms with van der Waals surface area (Å²) in [5.41, 5.74) is 2.50. The van der Waals surface area contributed by atoms with Crippen LogP contribution >= 0.6 is 27.3 Å². The Labute approximate surface area is 120 Å². The zero-order valence-electron chi connectivity index (χ0n) is 10.3. The van der Waals surface area contributed by atoms with E-state index >= 15 is 0 Å². The molecule has 1 aromatic carbocycles. The summed E-state index contributed by atoms with van der Waals surface area (Å²) in [7, 11) is 0. The molecule has 3 heteroatoms. The van der Waals surface area contributed by atoms with Crippen LogP contribution in [0, 0.1) is 12.8 Å². The van der Waals surface area contributed by atoms with Crippen molar-refractivity contribution in [2.45, 2.75) is 25.8 Å². The zero-order valence-corrected chi connectivity index (χ0v) is 12.7. The Bertz CT molecular complexity index is 531. The van der Waals surface area contributed by atoms with E-state index in [2.05, 4.69) is 63.9 Å². The van der Waals surface area contributed by atoms with Gasteiger partial charge in [0, 0.05) is 15.0 Å². The van der Waals surface area contributed by atoms with E-state index in [4.69, 9.17) is 0 Å². The average Bonchev–Trinajstić information content (AvgIpc) is 3.05. The fourth-order valence-electron chi connectivity index (χ4n) is 2.24. The van der Waals surface area contributed by atoms with Crippen molar-refractivity contribution in [3.63, 3.8) is 0 Å². The maximum absolute atomic E-state index is 3.72. The lowest BCUT2D eigenvalue weighted by Crippen LogP contribution is -2.11. The normalized spacial score (nSPS) is 16.6. The molecule has 1 fully saturated rings. The Morgan fingerprint density at radius 1 is 1.33 bits per heavy atom. The molecule has 0 aliphatic heterocycles. The van der Waals surface area contributed by atoms with Gasteiger partial charge >= 0.3 is 0 Å². The molecule has 1 nitrogen and oxygen atoms in total. The summed E-state index contributed by atoms with van der Waals surface area (Å²) in [6, 6.07) is 11.3. The Morgan fingerprint density at radius 3 is 2.83 bits per heavy atom. The van der Waals surface area contributed by atoms with E-state index in [0.717, 1.165) is 10.4 Å². The molecule has 1 N–H and O–H groups in total. The fourth-order valence-corrected chi connectivity index (χ4v) is 3.47. The molecule has 0 spiro atoms. The van der Waals surface area contributed by atoms with Crippen LogP contribution in [0.25, 0.3) is 0 Å². The van der Waals surface area contributed by atoms with Gasteiger partial charge in [-0.3, -0.25) is 0 Å². The average molecular weight is 322 g/mol. The molecule has 3 rings (SSSR count). The van der Waals surface area contributed by atoms with Gasteiger partial charge in [-0.1, -0.05) is 12.1 Å². The van der Waals surface area contributed by atoms with E-state index < -0.39 is 0 Å². The molecule has 0 radical (unpaired) electrons. The van der Waals surface area contributed by atoms with E-state index in [9.17, 15) is 0 Å². The van der Waals surface area contributed by atoms with Gasteiger partial charge in [-0.2, -0.15) is 0 Å². The number of thiophene rings is 1. The standard InChI is InChI=1S/C15H16BrNS/c1-10-4-7-12(16)13(9-10)17-15(11-5-6-11)14-3-2-8-18-14/h2-4,7-9,11,15,17H,5-6H2,1H3. The van der Waals surface area contributed by atoms with Gasteiger partial charge < -0.3 is 5.32 Å². The van der Waals surface area contributed by atoms with Crippen molar-refractivity contribution in [2.75, 3.05) is 5.32 Å². The van der Waals surface area contributed by atoms with Crippen molar-refractivity contribution >= 4 is 33.0 Å². The Kier molecular flexibility index (Phi) is 3.44. The van der Waals surface area contributed by atoms with E-state index in [1.54, 1.807) is 0 Å². The van der Waals surface area contributed by atoms with Gasteiger partial charge in [-0.05, 0) is 70.8 Å². The molecule has 1 aliphatic rings. The monoisotopic (exact) mass is 321 g/mol. The number of halogens is 1. The van der Waals surface area contributed by atoms with Gasteiger partial charge in [0.25, 0.3) is 0 Å². The largest absolute Gasteiger partial charge is 0.376 e. The maximum atomic E-state index is 3.72. The van der Waals surface area contributed by atoms with Crippen LogP contribution in [-0.2, 0) is 0 Å². The van der Waals surface area contributed by atoms with Crippen LogP contribution in [0.3, 0.4) is 0 Å². The van der Waals surface area contributed by atoms with Crippen LogP contribution in [-0.4, -0.2) is 0 Å². The van der Waals surface area contributed by atoms with Crippen molar-refractivity contribution in [2.24, 2.45) is 5.92 Å². The third-order valence-electron chi connectivity index (χ3n) is 3.38. The smallest absolute Gasteiger partial charge is 0.0635 e. The third kappa shape index (κ3) is 2.62. The molecule has 0 bridgehead atoms. The number of aryl methyl sites for hydroxylation is 1. The van der Waals surface area contributed by atoms with E-state index in [1.807, 2.05) is 11.3 Å². The fraction of sp³-hybridized carbons (Fsp3) is 0.333. The van der Waals surface area contributed by atoms with Gasteiger partial charge in [0.1, 0.15) is 0 Å². The van der Waals surface area contributed by atoms with E-state index in [-0.39, 0.29) is 0 Å². The zero-order chi connectivity index (χ0) is 12.5. The highest BCUT2D eigenvalue weighted by atomic mass is 79.9. The predicted molar refractivity (Wildman–Crippen MR) is 82.3 cm³/mol. The molecule has 1 aliphatic carbocycles. The van der Waals surface area contributed by atoms with Gasteiger partial charge in [-0.15, -0.1) is 11.3 Å². The molecule has 1 saturated carbocycles. The van der Waals surface area contributed by atoms with Gasteiger partial charge in [-0.25, -0.2) is 0 Å². The first-order valence-electron chi connectivity index (χ1n) is 6.30. The lowest BCUT2D eigenvalue weighted by Gasteiger charge is -2.19. The van der Waals surface area contributed by atoms with E-state index in [1.165, 1.54) is 29.0 Å². The number of hydrogen-bond donors (Lipinski definition) is 1. The molecule has 1 aromatic heterocycles. The quantitative estimate of drug-likeness (QED) is 0.796. The molecule has 0 saturated heterocycles. The molecule has 1 unspecified atom stereocenters. The minimum Gasteiger partial charge on any atom is -0.376 e. The predicted octanol–water partition coefficient (Wildman–Crippen LogP) is 5.38. The lowest BCUT2D eigenvalue weighted by molar-refractivity contribution is 0.690. The minimum absolute atomic E-state index is 0.475. The Hall–Kier alpha value is -0.800. The first-order valence-corrected chi connectivity index (χ1v) is 7.97. The van der Waals surface area contributed by atoms with Gasteiger partial charge in [0.15, 0.2) is 0 Å². The number of hydrogen-bond acceptors (Lipinski definition) is 2. The lowest BCUT2D eigenvalue weighted by atomic mass is 10.1. The van der Waals surface area contributed by atoms with Crippen molar-refractivity contribution in [1.29, 1.82) is 0 Å². The van der Waals surface area contributed by atoms with Crippen molar-refractivity contribution < 1.29 is 0 Å². The molecule has 1 heterocycles. The molecule has 1 atom stereocenters. The second-order valence-electron chi connectivity index (χ2n) is 4.96. The molecule has 2 aromatic rings. The molecule has 94 valence electrons. The Balaban J connectivity index is 1.86.